The number of amides is 2. The van der Waals surface area contributed by atoms with Crippen molar-refractivity contribution in [3.05, 3.63) is 93.5 Å². The van der Waals surface area contributed by atoms with E-state index in [1.807, 2.05) is 0 Å². The smallest absolute Gasteiger partial charge is 0.408 e. The number of carbonyl (C=O) groups is 2. The summed E-state index contributed by atoms with van der Waals surface area (Å²) in [4.78, 5) is 38.0. The molecule has 1 saturated carbocycles. The molecular formula is C33H37N5O8S. The second kappa shape index (κ2) is 15.5. The summed E-state index contributed by atoms with van der Waals surface area (Å²) in [6, 6.07) is 19.5. The number of anilines is 2. The summed E-state index contributed by atoms with van der Waals surface area (Å²) in [7, 11) is 0. The first kappa shape index (κ1) is 34.9. The van der Waals surface area contributed by atoms with E-state index in [0.29, 0.717) is 21.2 Å². The number of benzene rings is 3. The van der Waals surface area contributed by atoms with E-state index in [1.165, 1.54) is 12.1 Å². The lowest BCUT2D eigenvalue weighted by molar-refractivity contribution is -0.383. The van der Waals surface area contributed by atoms with Crippen LogP contribution >= 0.6 is 0 Å². The van der Waals surface area contributed by atoms with E-state index in [1.54, 1.807) is 69.3 Å². The number of nitro benzene ring substituents is 1. The van der Waals surface area contributed by atoms with Gasteiger partial charge in [0.05, 0.1) is 22.2 Å². The van der Waals surface area contributed by atoms with Crippen LogP contribution in [0, 0.1) is 21.4 Å². The molecule has 0 spiro atoms. The number of alkyl carbamates (subject to hydrolysis) is 1. The Labute approximate surface area is 275 Å². The predicted molar refractivity (Wildman–Crippen MR) is 176 cm³/mol. The van der Waals surface area contributed by atoms with Crippen molar-refractivity contribution in [3.8, 4) is 11.8 Å². The van der Waals surface area contributed by atoms with Crippen molar-refractivity contribution in [3.63, 3.8) is 0 Å². The molecule has 3 aromatic carbocycles. The molecule has 0 heterocycles. The molecule has 0 bridgehead atoms. The fourth-order valence-electron chi connectivity index (χ4n) is 5.06. The van der Waals surface area contributed by atoms with E-state index >= 15 is 0 Å². The molecule has 248 valence electrons. The van der Waals surface area contributed by atoms with Gasteiger partial charge in [-0.3, -0.25) is 19.5 Å². The van der Waals surface area contributed by atoms with Crippen LogP contribution in [0.5, 0.6) is 5.75 Å². The van der Waals surface area contributed by atoms with Gasteiger partial charge in [-0.25, -0.2) is 13.3 Å². The molecule has 2 amide bonds. The topological polar surface area (TPSA) is 184 Å². The molecule has 0 aromatic heterocycles. The maximum absolute atomic E-state index is 13.8. The lowest BCUT2D eigenvalue weighted by atomic mass is 10.1. The van der Waals surface area contributed by atoms with E-state index in [0.717, 1.165) is 37.3 Å². The van der Waals surface area contributed by atoms with Gasteiger partial charge < -0.3 is 20.1 Å². The van der Waals surface area contributed by atoms with Gasteiger partial charge in [0.2, 0.25) is 0 Å². The number of ether oxygens (including phenoxy) is 2. The summed E-state index contributed by atoms with van der Waals surface area (Å²) < 4.78 is 34.6. The SMILES string of the molecule is CC(C)(C)NC(=O)O[C@@H](Cc1ccc(OCc2ccc(C#N)cc2)cc1)C(=O)N(c1ccc(NC2CCCC2)c([N+](=O)[O-])c1)S(=O)O. The summed E-state index contributed by atoms with van der Waals surface area (Å²) in [5.41, 5.74) is 0.894. The monoisotopic (exact) mass is 663 g/mol. The Morgan fingerprint density at radius 3 is 2.30 bits per heavy atom. The van der Waals surface area contributed by atoms with Crippen LogP contribution in [-0.4, -0.2) is 43.4 Å². The van der Waals surface area contributed by atoms with Gasteiger partial charge in [-0.15, -0.1) is 0 Å². The molecular weight excluding hydrogens is 626 g/mol. The zero-order valence-corrected chi connectivity index (χ0v) is 27.1. The highest BCUT2D eigenvalue weighted by Crippen LogP contribution is 2.33. The Balaban J connectivity index is 1.56. The third-order valence-electron chi connectivity index (χ3n) is 7.32. The number of hydrogen-bond acceptors (Lipinski definition) is 9. The van der Waals surface area contributed by atoms with Crippen molar-refractivity contribution in [1.82, 2.24) is 5.32 Å². The summed E-state index contributed by atoms with van der Waals surface area (Å²) >= 11 is -2.96. The molecule has 2 atom stereocenters. The van der Waals surface area contributed by atoms with Gasteiger partial charge in [-0.05, 0) is 81.1 Å². The Hall–Kier alpha value is -5.00. The van der Waals surface area contributed by atoms with Crippen LogP contribution in [0.1, 0.15) is 63.1 Å². The number of nitrogens with one attached hydrogen (secondary N) is 2. The second-order valence-electron chi connectivity index (χ2n) is 12.2. The van der Waals surface area contributed by atoms with Gasteiger partial charge >= 0.3 is 6.09 Å². The molecule has 3 N–H and O–H groups in total. The summed E-state index contributed by atoms with van der Waals surface area (Å²) in [5.74, 6) is -0.536. The predicted octanol–water partition coefficient (Wildman–Crippen LogP) is 6.01. The summed E-state index contributed by atoms with van der Waals surface area (Å²) in [6.07, 6.45) is 1.07. The second-order valence-corrected chi connectivity index (χ2v) is 13.0. The molecule has 4 rings (SSSR count). The molecule has 1 aliphatic rings. The van der Waals surface area contributed by atoms with Crippen LogP contribution in [-0.2, 0) is 33.8 Å². The van der Waals surface area contributed by atoms with E-state index in [2.05, 4.69) is 16.7 Å². The van der Waals surface area contributed by atoms with Crippen LogP contribution in [0.2, 0.25) is 0 Å². The van der Waals surface area contributed by atoms with Gasteiger partial charge in [-0.1, -0.05) is 37.1 Å². The number of nitriles is 1. The van der Waals surface area contributed by atoms with Gasteiger partial charge in [0.25, 0.3) is 22.9 Å². The first-order valence-electron chi connectivity index (χ1n) is 15.0. The summed E-state index contributed by atoms with van der Waals surface area (Å²) in [5, 5.41) is 26.7. The van der Waals surface area contributed by atoms with E-state index in [-0.39, 0.29) is 36.1 Å². The molecule has 0 saturated heterocycles. The molecule has 47 heavy (non-hydrogen) atoms. The van der Waals surface area contributed by atoms with Crippen LogP contribution in [0.4, 0.5) is 21.9 Å². The highest BCUT2D eigenvalue weighted by Gasteiger charge is 2.34. The number of nitrogens with zero attached hydrogens (tertiary/aromatic N) is 3. The molecule has 0 radical (unpaired) electrons. The molecule has 14 heteroatoms. The minimum atomic E-state index is -2.96. The molecule has 1 fully saturated rings. The zero-order chi connectivity index (χ0) is 34.1. The van der Waals surface area contributed by atoms with Crippen molar-refractivity contribution >= 4 is 40.3 Å². The fraction of sp³-hybridized carbons (Fsp3) is 0.364. The van der Waals surface area contributed by atoms with Crippen LogP contribution in [0.3, 0.4) is 0 Å². The molecule has 0 aliphatic heterocycles. The van der Waals surface area contributed by atoms with Gasteiger partial charge in [0.15, 0.2) is 6.10 Å². The summed E-state index contributed by atoms with van der Waals surface area (Å²) in [6.45, 7) is 5.41. The quantitative estimate of drug-likeness (QED) is 0.118. The first-order chi connectivity index (χ1) is 22.3. The van der Waals surface area contributed by atoms with E-state index in [9.17, 15) is 28.5 Å². The van der Waals surface area contributed by atoms with Gasteiger partial charge in [0, 0.05) is 24.1 Å². The highest BCUT2D eigenvalue weighted by atomic mass is 32.2. The number of hydrogen-bond donors (Lipinski definition) is 3. The van der Waals surface area contributed by atoms with Crippen molar-refractivity contribution < 1.29 is 32.7 Å². The van der Waals surface area contributed by atoms with Crippen molar-refractivity contribution in [1.29, 1.82) is 5.26 Å². The van der Waals surface area contributed by atoms with Crippen LogP contribution in [0.15, 0.2) is 66.7 Å². The maximum Gasteiger partial charge on any atom is 0.408 e. The Morgan fingerprint density at radius 2 is 1.72 bits per heavy atom. The van der Waals surface area contributed by atoms with E-state index in [4.69, 9.17) is 14.7 Å². The van der Waals surface area contributed by atoms with E-state index < -0.39 is 39.8 Å². The third-order valence-corrected chi connectivity index (χ3v) is 8.02. The molecule has 1 unspecified atom stereocenters. The maximum atomic E-state index is 13.8. The largest absolute Gasteiger partial charge is 0.489 e. The van der Waals surface area contributed by atoms with Crippen LogP contribution in [0.25, 0.3) is 0 Å². The minimum absolute atomic E-state index is 0.0659. The first-order valence-corrected chi connectivity index (χ1v) is 16.1. The van der Waals surface area contributed by atoms with Crippen molar-refractivity contribution in [2.24, 2.45) is 0 Å². The fourth-order valence-corrected chi connectivity index (χ4v) is 5.62. The third kappa shape index (κ3) is 9.99. The van der Waals surface area contributed by atoms with Crippen molar-refractivity contribution in [2.45, 2.75) is 77.2 Å². The highest BCUT2D eigenvalue weighted by molar-refractivity contribution is 7.81. The van der Waals surface area contributed by atoms with Crippen molar-refractivity contribution in [2.75, 3.05) is 9.62 Å². The number of rotatable bonds is 12. The minimum Gasteiger partial charge on any atom is -0.489 e. The zero-order valence-electron chi connectivity index (χ0n) is 26.3. The lowest BCUT2D eigenvalue weighted by Gasteiger charge is -2.26. The van der Waals surface area contributed by atoms with Gasteiger partial charge in [0.1, 0.15) is 18.0 Å². The number of nitro groups is 1. The molecule has 3 aromatic rings. The normalized spacial score (nSPS) is 14.4. The Kier molecular flexibility index (Phi) is 11.5. The average Bonchev–Trinajstić information content (AvgIpc) is 3.53. The molecule has 1 aliphatic carbocycles. The standard InChI is InChI=1S/C33H37N5O8S/c1-33(2,3)36-32(40)46-30(18-22-12-15-27(16-13-22)45-21-24-10-8-23(20-34)9-11-24)31(39)37(47(43)44)26-14-17-28(29(19-26)38(41)42)35-25-6-4-5-7-25/h8-17,19,25,30,35H,4-7,18,21H2,1-3H3,(H,36,40)(H,43,44)/t30-/m0/s1. The van der Waals surface area contributed by atoms with Gasteiger partial charge in [-0.2, -0.15) is 5.26 Å². The average molecular weight is 664 g/mol. The lowest BCUT2D eigenvalue weighted by Crippen LogP contribution is -2.47. The number of carbonyl (C=O) groups excluding carboxylic acids is 2. The molecule has 13 nitrogen and oxygen atoms in total. The Bertz CT molecular complexity index is 1650. The van der Waals surface area contributed by atoms with Crippen LogP contribution < -0.4 is 19.7 Å². The Morgan fingerprint density at radius 1 is 1.09 bits per heavy atom.